The lowest BCUT2D eigenvalue weighted by Crippen LogP contribution is -2.23. The molecule has 3 N–H and O–H groups in total. The smallest absolute Gasteiger partial charge is 0.251 e. The number of carbonyl (C=O) groups excluding carboxylic acids is 1. The molecule has 2 rings (SSSR count). The van der Waals surface area contributed by atoms with Crippen LogP contribution in [0.5, 0.6) is 0 Å². The summed E-state index contributed by atoms with van der Waals surface area (Å²) in [5.41, 5.74) is 6.48. The normalized spacial score (nSPS) is 10.3. The Morgan fingerprint density at radius 2 is 2.28 bits per heavy atom. The van der Waals surface area contributed by atoms with Crippen LogP contribution in [0.4, 0.5) is 5.69 Å². The molecule has 0 saturated heterocycles. The highest BCUT2D eigenvalue weighted by Crippen LogP contribution is 2.16. The van der Waals surface area contributed by atoms with Crippen LogP contribution in [0.3, 0.4) is 0 Å². The topological polar surface area (TPSA) is 85.8 Å². The molecule has 1 aromatic heterocycles. The van der Waals surface area contributed by atoms with E-state index in [4.69, 9.17) is 17.3 Å². The van der Waals surface area contributed by atoms with Gasteiger partial charge < -0.3 is 11.1 Å². The highest BCUT2D eigenvalue weighted by Gasteiger charge is 2.08. The fourth-order valence-corrected chi connectivity index (χ4v) is 1.71. The summed E-state index contributed by atoms with van der Waals surface area (Å²) in [7, 11) is 1.76. The van der Waals surface area contributed by atoms with Crippen LogP contribution in [-0.2, 0) is 13.6 Å². The Bertz CT molecular complexity index is 560. The van der Waals surface area contributed by atoms with Gasteiger partial charge in [0.15, 0.2) is 5.82 Å². The van der Waals surface area contributed by atoms with Crippen LogP contribution in [-0.4, -0.2) is 20.7 Å². The van der Waals surface area contributed by atoms with E-state index in [1.54, 1.807) is 36.3 Å². The molecule has 1 heterocycles. The minimum atomic E-state index is -0.267. The molecular formula is C11H12ClN5O. The maximum absolute atomic E-state index is 11.8. The first-order chi connectivity index (χ1) is 8.54. The number of hydrogen-bond donors (Lipinski definition) is 2. The minimum absolute atomic E-state index is 0.256. The molecule has 0 spiro atoms. The summed E-state index contributed by atoms with van der Waals surface area (Å²) in [5.74, 6) is 0.275. The highest BCUT2D eigenvalue weighted by molar-refractivity contribution is 6.31. The van der Waals surface area contributed by atoms with Crippen LogP contribution in [0.1, 0.15) is 16.2 Å². The number of aryl methyl sites for hydroxylation is 1. The van der Waals surface area contributed by atoms with Crippen LogP contribution in [0.15, 0.2) is 24.5 Å². The summed E-state index contributed by atoms with van der Waals surface area (Å²) in [6.45, 7) is 0.256. The third-order valence-corrected chi connectivity index (χ3v) is 2.45. The molecule has 6 nitrogen and oxygen atoms in total. The van der Waals surface area contributed by atoms with Gasteiger partial charge in [0.2, 0.25) is 0 Å². The molecule has 1 aromatic carbocycles. The number of benzene rings is 1. The van der Waals surface area contributed by atoms with E-state index in [1.807, 2.05) is 0 Å². The average Bonchev–Trinajstić information content (AvgIpc) is 2.70. The molecule has 0 atom stereocenters. The van der Waals surface area contributed by atoms with E-state index in [0.29, 0.717) is 22.1 Å². The largest absolute Gasteiger partial charge is 0.399 e. The number of hydrogen-bond acceptors (Lipinski definition) is 4. The average molecular weight is 266 g/mol. The van der Waals surface area contributed by atoms with E-state index in [1.165, 1.54) is 0 Å². The summed E-state index contributed by atoms with van der Waals surface area (Å²) in [6.07, 6.45) is 1.57. The van der Waals surface area contributed by atoms with E-state index >= 15 is 0 Å². The number of nitrogens with one attached hydrogen (secondary N) is 1. The molecule has 0 aliphatic rings. The van der Waals surface area contributed by atoms with E-state index in [-0.39, 0.29) is 12.5 Å². The van der Waals surface area contributed by atoms with Gasteiger partial charge >= 0.3 is 0 Å². The second kappa shape index (κ2) is 5.05. The molecule has 94 valence electrons. The van der Waals surface area contributed by atoms with Crippen LogP contribution in [0.2, 0.25) is 5.02 Å². The van der Waals surface area contributed by atoms with Crippen molar-refractivity contribution in [2.24, 2.45) is 7.05 Å². The first-order valence-corrected chi connectivity index (χ1v) is 5.61. The number of aromatic nitrogens is 3. The van der Waals surface area contributed by atoms with E-state index in [9.17, 15) is 4.79 Å². The second-order valence-corrected chi connectivity index (χ2v) is 4.23. The quantitative estimate of drug-likeness (QED) is 0.810. The summed E-state index contributed by atoms with van der Waals surface area (Å²) < 4.78 is 1.57. The van der Waals surface area contributed by atoms with Crippen molar-refractivity contribution >= 4 is 23.2 Å². The zero-order valence-corrected chi connectivity index (χ0v) is 10.5. The molecule has 0 aliphatic carbocycles. The molecule has 0 bridgehead atoms. The van der Waals surface area contributed by atoms with Crippen LogP contribution >= 0.6 is 11.6 Å². The van der Waals surface area contributed by atoms with E-state index in [0.717, 1.165) is 0 Å². The van der Waals surface area contributed by atoms with Crippen molar-refractivity contribution in [3.63, 3.8) is 0 Å². The van der Waals surface area contributed by atoms with Gasteiger partial charge in [-0.25, -0.2) is 4.98 Å². The summed E-state index contributed by atoms with van der Waals surface area (Å²) in [4.78, 5) is 15.8. The predicted molar refractivity (Wildman–Crippen MR) is 68.0 cm³/mol. The number of carbonyl (C=O) groups is 1. The first-order valence-electron chi connectivity index (χ1n) is 5.23. The van der Waals surface area contributed by atoms with Crippen molar-refractivity contribution < 1.29 is 4.79 Å². The van der Waals surface area contributed by atoms with Crippen molar-refractivity contribution in [3.8, 4) is 0 Å². The van der Waals surface area contributed by atoms with Gasteiger partial charge in [-0.3, -0.25) is 9.48 Å². The Balaban J connectivity index is 2.03. The number of halogens is 1. The lowest BCUT2D eigenvalue weighted by atomic mass is 10.2. The van der Waals surface area contributed by atoms with Gasteiger partial charge in [0.05, 0.1) is 6.54 Å². The fourth-order valence-electron chi connectivity index (χ4n) is 1.47. The molecule has 0 saturated carbocycles. The first kappa shape index (κ1) is 12.4. The zero-order valence-electron chi connectivity index (χ0n) is 9.72. The molecule has 1 amide bonds. The lowest BCUT2D eigenvalue weighted by molar-refractivity contribution is 0.0950. The van der Waals surface area contributed by atoms with Gasteiger partial charge in [0, 0.05) is 23.3 Å². The van der Waals surface area contributed by atoms with Crippen molar-refractivity contribution in [2.45, 2.75) is 6.54 Å². The Morgan fingerprint density at radius 1 is 1.50 bits per heavy atom. The zero-order chi connectivity index (χ0) is 13.1. The molecule has 18 heavy (non-hydrogen) atoms. The number of amides is 1. The molecule has 2 aromatic rings. The fraction of sp³-hybridized carbons (Fsp3) is 0.182. The van der Waals surface area contributed by atoms with Gasteiger partial charge in [-0.2, -0.15) is 5.10 Å². The molecule has 7 heteroatoms. The molecule has 0 radical (unpaired) electrons. The molecule has 0 unspecified atom stereocenters. The van der Waals surface area contributed by atoms with E-state index in [2.05, 4.69) is 15.4 Å². The predicted octanol–water partition coefficient (Wildman–Crippen LogP) is 0.981. The highest BCUT2D eigenvalue weighted by atomic mass is 35.5. The Labute approximate surface area is 109 Å². The van der Waals surface area contributed by atoms with Crippen molar-refractivity contribution in [3.05, 3.63) is 40.9 Å². The van der Waals surface area contributed by atoms with E-state index < -0.39 is 0 Å². The summed E-state index contributed by atoms with van der Waals surface area (Å²) in [6, 6.07) is 4.70. The maximum atomic E-state index is 11.8. The Kier molecular flexibility index (Phi) is 3.47. The maximum Gasteiger partial charge on any atom is 0.251 e. The van der Waals surface area contributed by atoms with Crippen LogP contribution in [0, 0.1) is 0 Å². The van der Waals surface area contributed by atoms with Gasteiger partial charge in [-0.1, -0.05) is 11.6 Å². The number of anilines is 1. The third-order valence-electron chi connectivity index (χ3n) is 2.24. The Hall–Kier alpha value is -2.08. The number of nitrogens with two attached hydrogens (primary N) is 1. The monoisotopic (exact) mass is 265 g/mol. The van der Waals surface area contributed by atoms with Crippen molar-refractivity contribution in [1.82, 2.24) is 20.1 Å². The molecular weight excluding hydrogens is 254 g/mol. The SMILES string of the molecule is Cn1cnc(CNC(=O)c2cc(N)cc(Cl)c2)n1. The number of nitrogens with zero attached hydrogens (tertiary/aromatic N) is 3. The van der Waals surface area contributed by atoms with Gasteiger partial charge in [-0.15, -0.1) is 0 Å². The minimum Gasteiger partial charge on any atom is -0.399 e. The molecule has 0 aliphatic heterocycles. The van der Waals surface area contributed by atoms with Crippen LogP contribution < -0.4 is 11.1 Å². The lowest BCUT2D eigenvalue weighted by Gasteiger charge is -2.04. The number of rotatable bonds is 3. The van der Waals surface area contributed by atoms with Crippen LogP contribution in [0.25, 0.3) is 0 Å². The van der Waals surface area contributed by atoms with Gasteiger partial charge in [-0.05, 0) is 18.2 Å². The van der Waals surface area contributed by atoms with Gasteiger partial charge in [0.1, 0.15) is 6.33 Å². The summed E-state index contributed by atoms with van der Waals surface area (Å²) >= 11 is 5.83. The second-order valence-electron chi connectivity index (χ2n) is 3.79. The summed E-state index contributed by atoms with van der Waals surface area (Å²) in [5, 5.41) is 7.17. The van der Waals surface area contributed by atoms with Gasteiger partial charge in [0.25, 0.3) is 5.91 Å². The Morgan fingerprint density at radius 3 is 2.89 bits per heavy atom. The molecule has 0 fully saturated rings. The van der Waals surface area contributed by atoms with Crippen molar-refractivity contribution in [1.29, 1.82) is 0 Å². The standard InChI is InChI=1S/C11H12ClN5O/c1-17-6-15-10(16-17)5-14-11(18)7-2-8(12)4-9(13)3-7/h2-4,6H,5,13H2,1H3,(H,14,18). The third kappa shape index (κ3) is 2.98. The van der Waals surface area contributed by atoms with Crippen molar-refractivity contribution in [2.75, 3.05) is 5.73 Å². The number of nitrogen functional groups attached to an aromatic ring is 1.